The minimum Gasteiger partial charge on any atom is -0.446 e. The molecule has 5 nitrogen and oxygen atoms in total. The van der Waals surface area contributed by atoms with Crippen LogP contribution in [0, 0.1) is 0 Å². The van der Waals surface area contributed by atoms with Gasteiger partial charge in [0.2, 0.25) is 0 Å². The summed E-state index contributed by atoms with van der Waals surface area (Å²) in [6, 6.07) is 0. The molecule has 1 amide bonds. The van der Waals surface area contributed by atoms with Crippen molar-refractivity contribution in [3.05, 3.63) is 0 Å². The number of thiol groups is 1. The summed E-state index contributed by atoms with van der Waals surface area (Å²) in [6.45, 7) is 13.2. The molecule has 154 valence electrons. The van der Waals surface area contributed by atoms with E-state index < -0.39 is 0 Å². The van der Waals surface area contributed by atoms with Gasteiger partial charge in [-0.2, -0.15) is 12.6 Å². The number of carbonyl (C=O) groups is 1. The Balaban J connectivity index is -0.000000796. The van der Waals surface area contributed by atoms with E-state index in [-0.39, 0.29) is 13.6 Å². The van der Waals surface area contributed by atoms with Gasteiger partial charge in [-0.3, -0.25) is 0 Å². The number of rotatable bonds is 9. The summed E-state index contributed by atoms with van der Waals surface area (Å²) in [5.74, 6) is 0. The molecule has 1 rings (SSSR count). The molecule has 0 radical (unpaired) electrons. The van der Waals surface area contributed by atoms with Crippen molar-refractivity contribution in [2.45, 2.75) is 84.5 Å². The maximum Gasteiger partial charge on any atom is 0.407 e. The smallest absolute Gasteiger partial charge is 0.407 e. The number of hydrogen-bond donors (Lipinski definition) is 2. The van der Waals surface area contributed by atoms with E-state index in [2.05, 4.69) is 38.7 Å². The van der Waals surface area contributed by atoms with E-state index in [1.165, 1.54) is 6.42 Å². The van der Waals surface area contributed by atoms with E-state index in [0.717, 1.165) is 38.7 Å². The highest BCUT2D eigenvalue weighted by molar-refractivity contribution is 7.80. The Morgan fingerprint density at radius 1 is 1.00 bits per heavy atom. The van der Waals surface area contributed by atoms with Gasteiger partial charge in [-0.05, 0) is 32.1 Å². The largest absolute Gasteiger partial charge is 0.446 e. The number of carbonyl (C=O) groups excluding carboxylic acids is 1. The molecule has 0 bridgehead atoms. The van der Waals surface area contributed by atoms with Crippen LogP contribution in [0.15, 0.2) is 0 Å². The Morgan fingerprint density at radius 3 is 2.04 bits per heavy atom. The van der Waals surface area contributed by atoms with Crippen LogP contribution in [0.2, 0.25) is 0 Å². The van der Waals surface area contributed by atoms with Gasteiger partial charge in [0.25, 0.3) is 0 Å². The van der Waals surface area contributed by atoms with Gasteiger partial charge in [-0.1, -0.05) is 41.0 Å². The maximum absolute atomic E-state index is 11.5. The molecule has 1 aliphatic carbocycles. The quantitative estimate of drug-likeness (QED) is 0.432. The van der Waals surface area contributed by atoms with E-state index in [4.69, 9.17) is 14.2 Å². The van der Waals surface area contributed by atoms with Gasteiger partial charge in [-0.25, -0.2) is 4.79 Å². The fourth-order valence-corrected chi connectivity index (χ4v) is 2.35. The lowest BCUT2D eigenvalue weighted by molar-refractivity contribution is 0.0458. The molecular formula is C19H43NO4S. The third-order valence-corrected chi connectivity index (χ3v) is 3.67. The van der Waals surface area contributed by atoms with Crippen molar-refractivity contribution in [2.24, 2.45) is 0 Å². The molecule has 25 heavy (non-hydrogen) atoms. The normalized spacial score (nSPS) is 19.0. The molecule has 0 unspecified atom stereocenters. The third-order valence-electron chi connectivity index (χ3n) is 3.15. The minimum atomic E-state index is -0.349. The molecule has 0 aromatic carbocycles. The summed E-state index contributed by atoms with van der Waals surface area (Å²) >= 11 is 4.42. The van der Waals surface area contributed by atoms with Crippen LogP contribution in [0.5, 0.6) is 0 Å². The summed E-state index contributed by atoms with van der Waals surface area (Å²) < 4.78 is 15.9. The molecule has 0 heterocycles. The zero-order valence-corrected chi connectivity index (χ0v) is 17.9. The zero-order chi connectivity index (χ0) is 19.3. The highest BCUT2D eigenvalue weighted by atomic mass is 32.1. The lowest BCUT2D eigenvalue weighted by atomic mass is 9.97. The van der Waals surface area contributed by atoms with Gasteiger partial charge >= 0.3 is 6.09 Å². The SMILES string of the molecule is CC.CCC.CCCOCCOCCNC(=O)OC1CCC(S)CC1.[HH]. The Hall–Kier alpha value is -0.460. The number of ether oxygens (including phenoxy) is 3. The number of nitrogens with one attached hydrogen (secondary N) is 1. The average Bonchev–Trinajstić information content (AvgIpc) is 2.62. The number of amides is 1. The van der Waals surface area contributed by atoms with E-state index in [0.29, 0.717) is 31.6 Å². The van der Waals surface area contributed by atoms with Crippen molar-refractivity contribution in [2.75, 3.05) is 33.0 Å². The highest BCUT2D eigenvalue weighted by Gasteiger charge is 2.21. The molecule has 0 aliphatic heterocycles. The van der Waals surface area contributed by atoms with Crippen LogP contribution in [0.25, 0.3) is 0 Å². The lowest BCUT2D eigenvalue weighted by Crippen LogP contribution is -2.33. The Bertz CT molecular complexity index is 278. The first-order chi connectivity index (χ1) is 12.1. The summed E-state index contributed by atoms with van der Waals surface area (Å²) in [5.41, 5.74) is 0. The first-order valence-corrected chi connectivity index (χ1v) is 10.4. The fourth-order valence-electron chi connectivity index (χ4n) is 2.05. The second kappa shape index (κ2) is 21.6. The Morgan fingerprint density at radius 2 is 1.52 bits per heavy atom. The van der Waals surface area contributed by atoms with Gasteiger partial charge in [0, 0.05) is 19.8 Å². The van der Waals surface area contributed by atoms with Gasteiger partial charge in [-0.15, -0.1) is 0 Å². The van der Waals surface area contributed by atoms with Crippen LogP contribution in [0.3, 0.4) is 0 Å². The first-order valence-electron chi connectivity index (χ1n) is 9.91. The van der Waals surface area contributed by atoms with Crippen LogP contribution in [0.4, 0.5) is 4.79 Å². The molecule has 1 N–H and O–H groups in total. The summed E-state index contributed by atoms with van der Waals surface area (Å²) in [7, 11) is 0. The van der Waals surface area contributed by atoms with Gasteiger partial charge in [0.15, 0.2) is 0 Å². The highest BCUT2D eigenvalue weighted by Crippen LogP contribution is 2.24. The Labute approximate surface area is 162 Å². The monoisotopic (exact) mass is 381 g/mol. The Kier molecular flexibility index (Phi) is 23.1. The standard InChI is InChI=1S/C14H27NO4S.C3H8.C2H6.H2/c1-2-8-17-10-11-18-9-7-15-14(16)19-12-3-5-13(20)6-4-12;1-3-2;1-2;/h12-13,20H,2-11H2,1H3,(H,15,16);3H2,1-2H3;1-2H3;1H. The van der Waals surface area contributed by atoms with Crippen molar-refractivity contribution < 1.29 is 20.4 Å². The van der Waals surface area contributed by atoms with Gasteiger partial charge < -0.3 is 19.5 Å². The summed E-state index contributed by atoms with van der Waals surface area (Å²) in [5, 5.41) is 3.16. The van der Waals surface area contributed by atoms with E-state index in [1.54, 1.807) is 0 Å². The van der Waals surface area contributed by atoms with Gasteiger partial charge in [0.05, 0.1) is 19.8 Å². The second-order valence-corrected chi connectivity index (χ2v) is 6.42. The molecule has 0 aromatic heterocycles. The summed E-state index contributed by atoms with van der Waals surface area (Å²) in [6.07, 6.45) is 5.81. The van der Waals surface area contributed by atoms with Crippen molar-refractivity contribution in [3.63, 3.8) is 0 Å². The molecule has 0 atom stereocenters. The number of alkyl carbamates (subject to hydrolysis) is 1. The minimum absolute atomic E-state index is 0. The first kappa shape index (κ1) is 26.8. The molecule has 1 saturated carbocycles. The molecule has 1 fully saturated rings. The van der Waals surface area contributed by atoms with Crippen molar-refractivity contribution in [1.82, 2.24) is 5.32 Å². The topological polar surface area (TPSA) is 56.8 Å². The molecule has 0 spiro atoms. The number of hydrogen-bond acceptors (Lipinski definition) is 5. The third kappa shape index (κ3) is 19.7. The predicted molar refractivity (Wildman–Crippen MR) is 111 cm³/mol. The van der Waals surface area contributed by atoms with E-state index in [9.17, 15) is 4.79 Å². The average molecular weight is 382 g/mol. The van der Waals surface area contributed by atoms with Crippen LogP contribution < -0.4 is 5.32 Å². The van der Waals surface area contributed by atoms with E-state index >= 15 is 0 Å². The van der Waals surface area contributed by atoms with Crippen LogP contribution >= 0.6 is 12.6 Å². The molecule has 1 aliphatic rings. The van der Waals surface area contributed by atoms with Gasteiger partial charge in [0.1, 0.15) is 6.10 Å². The zero-order valence-electron chi connectivity index (χ0n) is 17.0. The second-order valence-electron chi connectivity index (χ2n) is 5.69. The fraction of sp³-hybridized carbons (Fsp3) is 0.947. The summed E-state index contributed by atoms with van der Waals surface area (Å²) in [4.78, 5) is 11.5. The lowest BCUT2D eigenvalue weighted by Gasteiger charge is -2.25. The van der Waals surface area contributed by atoms with Crippen molar-refractivity contribution in [3.8, 4) is 0 Å². The predicted octanol–water partition coefficient (Wildman–Crippen LogP) is 5.09. The van der Waals surface area contributed by atoms with Crippen molar-refractivity contribution in [1.29, 1.82) is 0 Å². The molecular weight excluding hydrogens is 338 g/mol. The van der Waals surface area contributed by atoms with Crippen LogP contribution in [-0.4, -0.2) is 50.4 Å². The van der Waals surface area contributed by atoms with Crippen LogP contribution in [-0.2, 0) is 14.2 Å². The molecule has 0 saturated heterocycles. The van der Waals surface area contributed by atoms with Crippen LogP contribution in [0.1, 0.15) is 74.6 Å². The molecule has 0 aromatic rings. The van der Waals surface area contributed by atoms with E-state index in [1.807, 2.05) is 13.8 Å². The molecule has 6 heteroatoms. The maximum atomic E-state index is 11.5. The van der Waals surface area contributed by atoms with Crippen molar-refractivity contribution >= 4 is 18.7 Å².